The van der Waals surface area contributed by atoms with E-state index in [1.165, 1.54) is 17.3 Å². The molecule has 0 saturated heterocycles. The molecule has 0 radical (unpaired) electrons. The molecular weight excluding hydrogens is 418 g/mol. The third kappa shape index (κ3) is 5.24. The van der Waals surface area contributed by atoms with Crippen LogP contribution in [0.4, 0.5) is 0 Å². The Morgan fingerprint density at radius 2 is 1.93 bits per heavy atom. The van der Waals surface area contributed by atoms with Crippen LogP contribution >= 0.6 is 23.4 Å². The van der Waals surface area contributed by atoms with Gasteiger partial charge in [-0.1, -0.05) is 67.5 Å². The molecule has 0 aliphatic rings. The van der Waals surface area contributed by atoms with Gasteiger partial charge in [-0.25, -0.2) is 4.98 Å². The number of nitrogens with one attached hydrogen (secondary N) is 1. The van der Waals surface area contributed by atoms with Gasteiger partial charge in [-0.2, -0.15) is 0 Å². The molecule has 7 heteroatoms. The minimum Gasteiger partial charge on any atom is -0.355 e. The van der Waals surface area contributed by atoms with Gasteiger partial charge in [0.2, 0.25) is 5.91 Å². The number of nitrogens with zero attached hydrogens (tertiary/aromatic N) is 2. The highest BCUT2D eigenvalue weighted by molar-refractivity contribution is 8.00. The van der Waals surface area contributed by atoms with Gasteiger partial charge in [0.05, 0.1) is 16.2 Å². The average Bonchev–Trinajstić information content (AvgIpc) is 2.74. The van der Waals surface area contributed by atoms with Crippen LogP contribution in [-0.4, -0.2) is 27.3 Å². The van der Waals surface area contributed by atoms with Gasteiger partial charge in [-0.15, -0.1) is 0 Å². The van der Waals surface area contributed by atoms with Crippen LogP contribution in [0.5, 0.6) is 0 Å². The number of carbonyl (C=O) groups excluding carboxylic acids is 1. The van der Waals surface area contributed by atoms with Crippen LogP contribution in [0.1, 0.15) is 38.7 Å². The molecule has 2 atom stereocenters. The third-order valence-corrected chi connectivity index (χ3v) is 6.26. The number of benzene rings is 2. The highest BCUT2D eigenvalue weighted by Crippen LogP contribution is 2.24. The Labute approximate surface area is 185 Å². The SMILES string of the molecule is CCCn1c(SC(C)C(=O)NCC(C)c2ccccc2)nc2cc(Cl)ccc2c1=O. The minimum atomic E-state index is -0.389. The van der Waals surface area contributed by atoms with Crippen molar-refractivity contribution >= 4 is 40.2 Å². The molecule has 1 heterocycles. The molecule has 0 saturated carbocycles. The lowest BCUT2D eigenvalue weighted by Crippen LogP contribution is -2.34. The van der Waals surface area contributed by atoms with Gasteiger partial charge in [-0.3, -0.25) is 14.2 Å². The second kappa shape index (κ2) is 10.1. The van der Waals surface area contributed by atoms with Crippen molar-refractivity contribution < 1.29 is 4.79 Å². The number of halogens is 1. The van der Waals surface area contributed by atoms with Crippen molar-refractivity contribution in [2.24, 2.45) is 0 Å². The monoisotopic (exact) mass is 443 g/mol. The minimum absolute atomic E-state index is 0.0775. The molecule has 5 nitrogen and oxygen atoms in total. The van der Waals surface area contributed by atoms with Crippen LogP contribution in [0, 0.1) is 0 Å². The predicted octanol–water partition coefficient (Wildman–Crippen LogP) is 4.86. The molecule has 30 heavy (non-hydrogen) atoms. The largest absolute Gasteiger partial charge is 0.355 e. The summed E-state index contributed by atoms with van der Waals surface area (Å²) in [5.74, 6) is 0.137. The second-order valence-electron chi connectivity index (χ2n) is 7.33. The fourth-order valence-electron chi connectivity index (χ4n) is 3.19. The molecule has 1 amide bonds. The Hall–Kier alpha value is -2.31. The molecule has 158 valence electrons. The number of carbonyl (C=O) groups is 1. The quantitative estimate of drug-likeness (QED) is 0.399. The molecule has 0 fully saturated rings. The first-order chi connectivity index (χ1) is 14.4. The molecule has 3 rings (SSSR count). The first-order valence-corrected chi connectivity index (χ1v) is 11.4. The van der Waals surface area contributed by atoms with E-state index < -0.39 is 0 Å². The topological polar surface area (TPSA) is 64.0 Å². The maximum Gasteiger partial charge on any atom is 0.262 e. The highest BCUT2D eigenvalue weighted by atomic mass is 35.5. The van der Waals surface area contributed by atoms with Crippen LogP contribution in [0.2, 0.25) is 5.02 Å². The fraction of sp³-hybridized carbons (Fsp3) is 0.348. The Morgan fingerprint density at radius 1 is 1.20 bits per heavy atom. The van der Waals surface area contributed by atoms with Crippen molar-refractivity contribution in [3.8, 4) is 0 Å². The van der Waals surface area contributed by atoms with Crippen molar-refractivity contribution in [3.05, 3.63) is 69.5 Å². The summed E-state index contributed by atoms with van der Waals surface area (Å²) in [6.45, 7) is 7.02. The van der Waals surface area contributed by atoms with E-state index in [2.05, 4.69) is 29.4 Å². The number of hydrogen-bond donors (Lipinski definition) is 1. The van der Waals surface area contributed by atoms with E-state index in [0.717, 1.165) is 6.42 Å². The third-order valence-electron chi connectivity index (χ3n) is 4.93. The summed E-state index contributed by atoms with van der Waals surface area (Å²) in [6, 6.07) is 15.2. The predicted molar refractivity (Wildman–Crippen MR) is 124 cm³/mol. The molecule has 3 aromatic rings. The number of amides is 1. The van der Waals surface area contributed by atoms with Gasteiger partial charge in [-0.05, 0) is 43.0 Å². The summed E-state index contributed by atoms with van der Waals surface area (Å²) < 4.78 is 1.65. The van der Waals surface area contributed by atoms with E-state index in [-0.39, 0.29) is 22.6 Å². The molecule has 0 bridgehead atoms. The van der Waals surface area contributed by atoms with Gasteiger partial charge >= 0.3 is 0 Å². The molecule has 1 N–H and O–H groups in total. The summed E-state index contributed by atoms with van der Waals surface area (Å²) in [5.41, 5.74) is 1.63. The van der Waals surface area contributed by atoms with Crippen molar-refractivity contribution in [2.45, 2.75) is 50.1 Å². The summed E-state index contributed by atoms with van der Waals surface area (Å²) in [6.07, 6.45) is 0.795. The molecular formula is C23H26ClN3O2S. The van der Waals surface area contributed by atoms with Crippen LogP contribution in [0.25, 0.3) is 10.9 Å². The van der Waals surface area contributed by atoms with Crippen LogP contribution in [0.15, 0.2) is 58.5 Å². The Kier molecular flexibility index (Phi) is 7.56. The van der Waals surface area contributed by atoms with Crippen LogP contribution < -0.4 is 10.9 Å². The maximum absolute atomic E-state index is 12.9. The molecule has 0 spiro atoms. The zero-order chi connectivity index (χ0) is 21.7. The Balaban J connectivity index is 1.76. The van der Waals surface area contributed by atoms with Gasteiger partial charge < -0.3 is 5.32 Å². The van der Waals surface area contributed by atoms with E-state index in [1.807, 2.05) is 32.0 Å². The van der Waals surface area contributed by atoms with E-state index in [4.69, 9.17) is 11.6 Å². The van der Waals surface area contributed by atoms with Gasteiger partial charge in [0.1, 0.15) is 0 Å². The van der Waals surface area contributed by atoms with Gasteiger partial charge in [0.25, 0.3) is 5.56 Å². The maximum atomic E-state index is 12.9. The number of fused-ring (bicyclic) bond motifs is 1. The normalized spacial score (nSPS) is 13.2. The smallest absolute Gasteiger partial charge is 0.262 e. The lowest BCUT2D eigenvalue weighted by Gasteiger charge is -2.18. The Morgan fingerprint density at radius 3 is 2.63 bits per heavy atom. The number of thioether (sulfide) groups is 1. The van der Waals surface area contributed by atoms with Gasteiger partial charge in [0.15, 0.2) is 5.16 Å². The summed E-state index contributed by atoms with van der Waals surface area (Å²) in [7, 11) is 0. The highest BCUT2D eigenvalue weighted by Gasteiger charge is 2.20. The summed E-state index contributed by atoms with van der Waals surface area (Å²) >= 11 is 7.38. The van der Waals surface area contributed by atoms with E-state index in [9.17, 15) is 9.59 Å². The summed E-state index contributed by atoms with van der Waals surface area (Å²) in [4.78, 5) is 30.3. The first kappa shape index (κ1) is 22.4. The van der Waals surface area contributed by atoms with Gasteiger partial charge in [0, 0.05) is 18.1 Å². The molecule has 2 aromatic carbocycles. The summed E-state index contributed by atoms with van der Waals surface area (Å²) in [5, 5.41) is 4.23. The van der Waals surface area contributed by atoms with Crippen molar-refractivity contribution in [2.75, 3.05) is 6.54 Å². The molecule has 1 aromatic heterocycles. The van der Waals surface area contributed by atoms with Crippen molar-refractivity contribution in [3.63, 3.8) is 0 Å². The standard InChI is InChI=1S/C23H26ClN3O2S/c1-4-12-27-22(29)19-11-10-18(24)13-20(19)26-23(27)30-16(3)21(28)25-14-15(2)17-8-6-5-7-9-17/h5-11,13,15-16H,4,12,14H2,1-3H3,(H,25,28). The zero-order valence-electron chi connectivity index (χ0n) is 17.4. The molecule has 2 unspecified atom stereocenters. The van der Waals surface area contributed by atoms with E-state index in [1.54, 1.807) is 22.8 Å². The fourth-order valence-corrected chi connectivity index (χ4v) is 4.32. The number of hydrogen-bond acceptors (Lipinski definition) is 4. The Bertz CT molecular complexity index is 1080. The lowest BCUT2D eigenvalue weighted by molar-refractivity contribution is -0.120. The molecule has 0 aliphatic heterocycles. The van der Waals surface area contributed by atoms with E-state index >= 15 is 0 Å². The average molecular weight is 444 g/mol. The molecule has 0 aliphatic carbocycles. The van der Waals surface area contributed by atoms with Crippen LogP contribution in [0.3, 0.4) is 0 Å². The van der Waals surface area contributed by atoms with Crippen LogP contribution in [-0.2, 0) is 11.3 Å². The van der Waals surface area contributed by atoms with Crippen molar-refractivity contribution in [1.29, 1.82) is 0 Å². The first-order valence-electron chi connectivity index (χ1n) is 10.1. The number of aromatic nitrogens is 2. The number of rotatable bonds is 8. The van der Waals surface area contributed by atoms with E-state index in [0.29, 0.717) is 34.2 Å². The van der Waals surface area contributed by atoms with Crippen molar-refractivity contribution in [1.82, 2.24) is 14.9 Å². The second-order valence-corrected chi connectivity index (χ2v) is 9.07. The zero-order valence-corrected chi connectivity index (χ0v) is 19.0. The lowest BCUT2D eigenvalue weighted by atomic mass is 10.0.